The predicted molar refractivity (Wildman–Crippen MR) is 328 cm³/mol. The minimum Gasteiger partial charge on any atom is -0.310 e. The van der Waals surface area contributed by atoms with Crippen LogP contribution in [-0.4, -0.2) is 4.57 Å². The fraction of sp³-hybridized carbons (Fsp3) is 0.0133. The highest BCUT2D eigenvalue weighted by Crippen LogP contribution is 2.57. The van der Waals surface area contributed by atoms with E-state index in [1.807, 2.05) is 95.9 Å². The quantitative estimate of drug-likeness (QED) is 0.135. The molecule has 0 radical (unpaired) electrons. The molecule has 0 aliphatic heterocycles. The van der Waals surface area contributed by atoms with Crippen LogP contribution in [0.15, 0.2) is 309 Å². The molecule has 1 heterocycles. The molecule has 1 aliphatic rings. The van der Waals surface area contributed by atoms with Crippen molar-refractivity contribution in [2.24, 2.45) is 0 Å². The number of benzene rings is 13. The van der Waals surface area contributed by atoms with E-state index in [1.54, 1.807) is 0 Å². The first kappa shape index (κ1) is 41.1. The van der Waals surface area contributed by atoms with Crippen LogP contribution >= 0.6 is 0 Å². The number of fused-ring (bicyclic) bond motifs is 8. The van der Waals surface area contributed by atoms with Gasteiger partial charge in [0.2, 0.25) is 0 Å². The van der Waals surface area contributed by atoms with E-state index >= 15 is 0 Å². The minimum atomic E-state index is -0.612. The Morgan fingerprint density at radius 3 is 1.65 bits per heavy atom. The van der Waals surface area contributed by atoms with E-state index in [4.69, 9.17) is 0 Å². The molecule has 0 saturated heterocycles. The zero-order chi connectivity index (χ0) is 55.1. The van der Waals surface area contributed by atoms with Crippen LogP contribution in [0.5, 0.6) is 0 Å². The van der Waals surface area contributed by atoms with Gasteiger partial charge in [0.25, 0.3) is 0 Å². The van der Waals surface area contributed by atoms with Crippen LogP contribution in [0.1, 0.15) is 27.7 Å². The van der Waals surface area contributed by atoms with Crippen LogP contribution in [0.2, 0.25) is 0 Å². The summed E-state index contributed by atoms with van der Waals surface area (Å²) in [5, 5.41) is 6.15. The molecule has 1 aromatic heterocycles. The maximum atomic E-state index is 9.67. The standard InChI is InChI=1S/C75H51N3/c1-5-22-57(23-6-1)75(58-24-7-2-8-25-58)70-33-17-15-31-66(70)67-46-44-63(50-71(67)75)76(64-45-47-69-68-32-16-18-34-73(68)78(74(69)51-64)60-28-11-4-12-29-60)62-43-40-55-48-54(36-37-56(55)49-62)52-38-41-61(42-39-52)77(59-26-9-3-10-27-59)72-35-19-21-53-20-13-14-30-65(53)72/h1-51H/i38D,39D,41D,42D. The number of hydrogen-bond donors (Lipinski definition) is 0. The Balaban J connectivity index is 0.911. The van der Waals surface area contributed by atoms with Crippen molar-refractivity contribution < 1.29 is 5.48 Å². The fourth-order valence-corrected chi connectivity index (χ4v) is 12.4. The van der Waals surface area contributed by atoms with E-state index in [0.29, 0.717) is 5.56 Å². The highest BCUT2D eigenvalue weighted by molar-refractivity contribution is 6.10. The van der Waals surface area contributed by atoms with Crippen LogP contribution < -0.4 is 9.80 Å². The predicted octanol–water partition coefficient (Wildman–Crippen LogP) is 20.1. The summed E-state index contributed by atoms with van der Waals surface area (Å²) in [5.74, 6) is 0. The molecule has 0 N–H and O–H groups in total. The van der Waals surface area contributed by atoms with Gasteiger partial charge in [-0.2, -0.15) is 0 Å². The minimum absolute atomic E-state index is 0.108. The molecule has 0 unspecified atom stereocenters. The fourth-order valence-electron chi connectivity index (χ4n) is 12.4. The summed E-state index contributed by atoms with van der Waals surface area (Å²) in [7, 11) is 0. The van der Waals surface area contributed by atoms with E-state index in [9.17, 15) is 5.48 Å². The highest BCUT2D eigenvalue weighted by atomic mass is 15.2. The van der Waals surface area contributed by atoms with E-state index in [0.717, 1.165) is 72.1 Å². The lowest BCUT2D eigenvalue weighted by Gasteiger charge is -2.35. The zero-order valence-corrected chi connectivity index (χ0v) is 42.5. The van der Waals surface area contributed by atoms with Gasteiger partial charge >= 0.3 is 0 Å². The van der Waals surface area contributed by atoms with E-state index in [-0.39, 0.29) is 35.4 Å². The molecule has 3 nitrogen and oxygen atoms in total. The molecule has 0 saturated carbocycles. The Morgan fingerprint density at radius 2 is 0.872 bits per heavy atom. The number of hydrogen-bond acceptors (Lipinski definition) is 2. The van der Waals surface area contributed by atoms with Gasteiger partial charge in [0.1, 0.15) is 0 Å². The summed E-state index contributed by atoms with van der Waals surface area (Å²) in [6.45, 7) is 0. The van der Waals surface area contributed by atoms with Gasteiger partial charge in [0.05, 0.1) is 27.6 Å². The summed E-state index contributed by atoms with van der Waals surface area (Å²) in [4.78, 5) is 4.24. The largest absolute Gasteiger partial charge is 0.310 e. The summed E-state index contributed by atoms with van der Waals surface area (Å²) in [6.07, 6.45) is 0. The zero-order valence-electron chi connectivity index (χ0n) is 46.5. The van der Waals surface area contributed by atoms with Gasteiger partial charge in [-0.05, 0) is 152 Å². The second kappa shape index (κ2) is 18.6. The SMILES string of the molecule is [2H]c1c([2H])c(N(c2ccccc2)c2cccc3ccccc23)c([2H])c([2H])c1-c1ccc2cc(N(c3ccc4c(c3)C(c3ccccc3)(c3ccccc3)c3ccccc3-4)c3ccc4c5ccccc5n(-c5ccccc5)c4c3)ccc2c1. The number of aromatic nitrogens is 1. The molecule has 0 spiro atoms. The Hall–Kier alpha value is -10.2. The van der Waals surface area contributed by atoms with Gasteiger partial charge in [0.15, 0.2) is 0 Å². The Bertz CT molecular complexity index is 4740. The number of nitrogens with zero attached hydrogens (tertiary/aromatic N) is 3. The first-order valence-electron chi connectivity index (χ1n) is 28.6. The molecule has 1 aliphatic carbocycles. The molecule has 0 atom stereocenters. The van der Waals surface area contributed by atoms with Gasteiger partial charge in [-0.15, -0.1) is 0 Å². The van der Waals surface area contributed by atoms with Crippen molar-refractivity contribution in [2.75, 3.05) is 9.80 Å². The maximum Gasteiger partial charge on any atom is 0.0714 e. The van der Waals surface area contributed by atoms with Crippen molar-refractivity contribution in [3.05, 3.63) is 332 Å². The summed E-state index contributed by atoms with van der Waals surface area (Å²) in [5.41, 5.74) is 15.4. The molecule has 15 rings (SSSR count). The Morgan fingerprint density at radius 1 is 0.308 bits per heavy atom. The average Bonchev–Trinajstić information content (AvgIpc) is 4.25. The lowest BCUT2D eigenvalue weighted by atomic mass is 9.67. The number of anilines is 6. The monoisotopic (exact) mass is 997 g/mol. The molecular weight excluding hydrogens is 943 g/mol. The summed E-state index contributed by atoms with van der Waals surface area (Å²) >= 11 is 0. The van der Waals surface area contributed by atoms with Gasteiger partial charge in [-0.3, -0.25) is 0 Å². The third-order valence-electron chi connectivity index (χ3n) is 15.9. The van der Waals surface area contributed by atoms with Crippen LogP contribution in [0.4, 0.5) is 34.1 Å². The lowest BCUT2D eigenvalue weighted by molar-refractivity contribution is 0.768. The van der Waals surface area contributed by atoms with Gasteiger partial charge in [-0.1, -0.05) is 218 Å². The van der Waals surface area contributed by atoms with Gasteiger partial charge < -0.3 is 14.4 Å². The van der Waals surface area contributed by atoms with Gasteiger partial charge in [0, 0.05) is 50.3 Å². The molecule has 0 fully saturated rings. The first-order chi connectivity index (χ1) is 40.4. The number of rotatable bonds is 10. The van der Waals surface area contributed by atoms with Crippen molar-refractivity contribution in [3.8, 4) is 27.9 Å². The van der Waals surface area contributed by atoms with Crippen molar-refractivity contribution in [1.82, 2.24) is 4.57 Å². The maximum absolute atomic E-state index is 9.67. The third-order valence-corrected chi connectivity index (χ3v) is 15.9. The molecule has 3 heteroatoms. The first-order valence-corrected chi connectivity index (χ1v) is 26.6. The van der Waals surface area contributed by atoms with Crippen LogP contribution in [0.3, 0.4) is 0 Å². The van der Waals surface area contributed by atoms with Crippen molar-refractivity contribution >= 4 is 77.5 Å². The summed E-state index contributed by atoms with van der Waals surface area (Å²) in [6, 6.07) is 99.4. The second-order valence-corrected chi connectivity index (χ2v) is 20.1. The van der Waals surface area contributed by atoms with Crippen molar-refractivity contribution in [2.45, 2.75) is 5.41 Å². The van der Waals surface area contributed by atoms with E-state index in [2.05, 4.69) is 204 Å². The molecule has 14 aromatic rings. The van der Waals surface area contributed by atoms with Crippen LogP contribution in [0, 0.1) is 0 Å². The molecule has 0 amide bonds. The lowest BCUT2D eigenvalue weighted by Crippen LogP contribution is -2.28. The van der Waals surface area contributed by atoms with E-state index < -0.39 is 5.41 Å². The molecule has 366 valence electrons. The summed E-state index contributed by atoms with van der Waals surface area (Å²) < 4.78 is 41.0. The average molecular weight is 998 g/mol. The molecular formula is C75H51N3. The Kier molecular flexibility index (Phi) is 9.77. The van der Waals surface area contributed by atoms with Crippen molar-refractivity contribution in [1.29, 1.82) is 0 Å². The van der Waals surface area contributed by atoms with Crippen LogP contribution in [-0.2, 0) is 5.41 Å². The molecule has 0 bridgehead atoms. The van der Waals surface area contributed by atoms with Gasteiger partial charge in [-0.25, -0.2) is 0 Å². The van der Waals surface area contributed by atoms with Crippen LogP contribution in [0.25, 0.3) is 71.3 Å². The Labute approximate surface area is 460 Å². The number of para-hydroxylation sites is 3. The van der Waals surface area contributed by atoms with Crippen molar-refractivity contribution in [3.63, 3.8) is 0 Å². The highest BCUT2D eigenvalue weighted by Gasteiger charge is 2.46. The molecule has 78 heavy (non-hydrogen) atoms. The second-order valence-electron chi connectivity index (χ2n) is 20.1. The normalized spacial score (nSPS) is 13.2. The topological polar surface area (TPSA) is 11.4 Å². The van der Waals surface area contributed by atoms with E-state index in [1.165, 1.54) is 38.8 Å². The third kappa shape index (κ3) is 7.28. The molecule has 13 aromatic carbocycles. The smallest absolute Gasteiger partial charge is 0.0714 e.